The van der Waals surface area contributed by atoms with Crippen LogP contribution in [0.4, 0.5) is 11.4 Å². The predicted molar refractivity (Wildman–Crippen MR) is 72.4 cm³/mol. The molecule has 0 saturated carbocycles. The minimum Gasteiger partial charge on any atom is -0.466 e. The summed E-state index contributed by atoms with van der Waals surface area (Å²) in [5.41, 5.74) is 1.67. The first-order valence-corrected chi connectivity index (χ1v) is 6.00. The van der Waals surface area contributed by atoms with Gasteiger partial charge in [0, 0.05) is 29.9 Å². The van der Waals surface area contributed by atoms with Crippen molar-refractivity contribution in [1.29, 1.82) is 0 Å². The summed E-state index contributed by atoms with van der Waals surface area (Å²) in [7, 11) is 1.28. The third-order valence-corrected chi connectivity index (χ3v) is 3.07. The van der Waals surface area contributed by atoms with Crippen molar-refractivity contribution in [1.82, 2.24) is 0 Å². The highest BCUT2D eigenvalue weighted by atomic mass is 16.6. The van der Waals surface area contributed by atoms with E-state index in [1.807, 2.05) is 0 Å². The zero-order valence-corrected chi connectivity index (χ0v) is 10.9. The smallest absolute Gasteiger partial charge is 0.335 e. The van der Waals surface area contributed by atoms with E-state index in [-0.39, 0.29) is 12.3 Å². The third kappa shape index (κ3) is 2.62. The first kappa shape index (κ1) is 14.0. The quantitative estimate of drug-likeness (QED) is 0.501. The number of non-ortho nitro benzene ring substituents is 1. The van der Waals surface area contributed by atoms with Crippen molar-refractivity contribution >= 4 is 23.4 Å². The molecule has 0 aromatic heterocycles. The number of methoxy groups -OCH3 is 1. The molecule has 20 heavy (non-hydrogen) atoms. The average molecular weight is 278 g/mol. The summed E-state index contributed by atoms with van der Waals surface area (Å²) in [6.07, 6.45) is 1.59. The number of nitrogens with zero attached hydrogens (tertiary/aromatic N) is 2. The Morgan fingerprint density at radius 2 is 2.30 bits per heavy atom. The van der Waals surface area contributed by atoms with E-state index < -0.39 is 10.9 Å². The van der Waals surface area contributed by atoms with Crippen molar-refractivity contribution in [2.24, 2.45) is 0 Å². The number of β-amino-alcohol motifs (C(OH)–C–C–N with tert-alkyl or cyclic N) is 1. The summed E-state index contributed by atoms with van der Waals surface area (Å²) in [4.78, 5) is 23.7. The molecule has 1 N–H and O–H groups in total. The van der Waals surface area contributed by atoms with Crippen LogP contribution in [0.5, 0.6) is 0 Å². The molecule has 0 radical (unpaired) electrons. The minimum absolute atomic E-state index is 0.0462. The number of hydrogen-bond acceptors (Lipinski definition) is 6. The van der Waals surface area contributed by atoms with Crippen molar-refractivity contribution < 1.29 is 19.6 Å². The second-order valence-corrected chi connectivity index (χ2v) is 4.31. The molecule has 0 atom stereocenters. The maximum Gasteiger partial charge on any atom is 0.335 e. The van der Waals surface area contributed by atoms with Gasteiger partial charge >= 0.3 is 5.97 Å². The lowest BCUT2D eigenvalue weighted by atomic mass is 10.0. The highest BCUT2D eigenvalue weighted by molar-refractivity contribution is 5.97. The fourth-order valence-electron chi connectivity index (χ4n) is 2.16. The zero-order valence-electron chi connectivity index (χ0n) is 10.9. The molecule has 1 heterocycles. The first-order chi connectivity index (χ1) is 9.56. The fraction of sp³-hybridized carbons (Fsp3) is 0.308. The van der Waals surface area contributed by atoms with Crippen LogP contribution in [0.2, 0.25) is 0 Å². The van der Waals surface area contributed by atoms with Gasteiger partial charge in [0.1, 0.15) is 0 Å². The van der Waals surface area contributed by atoms with E-state index in [1.165, 1.54) is 19.2 Å². The number of ether oxygens (including phenoxy) is 1. The predicted octanol–water partition coefficient (Wildman–Crippen LogP) is 0.963. The molecule has 0 bridgehead atoms. The van der Waals surface area contributed by atoms with Gasteiger partial charge < -0.3 is 14.7 Å². The van der Waals surface area contributed by atoms with Crippen LogP contribution in [-0.2, 0) is 9.53 Å². The Morgan fingerprint density at radius 3 is 2.90 bits per heavy atom. The Balaban J connectivity index is 2.47. The fourth-order valence-corrected chi connectivity index (χ4v) is 2.16. The molecule has 0 saturated heterocycles. The van der Waals surface area contributed by atoms with Gasteiger partial charge in [0.15, 0.2) is 0 Å². The van der Waals surface area contributed by atoms with E-state index in [4.69, 9.17) is 5.11 Å². The number of aliphatic hydroxyl groups excluding tert-OH is 1. The minimum atomic E-state index is -0.489. The molecule has 1 aromatic carbocycles. The Labute approximate surface area is 115 Å². The number of carbonyl (C=O) groups excluding carboxylic acids is 1. The van der Waals surface area contributed by atoms with E-state index in [0.717, 1.165) is 5.69 Å². The number of carbonyl (C=O) groups is 1. The van der Waals surface area contributed by atoms with Crippen molar-refractivity contribution in [2.45, 2.75) is 0 Å². The van der Waals surface area contributed by atoms with Crippen molar-refractivity contribution in [2.75, 3.05) is 31.7 Å². The van der Waals surface area contributed by atoms with Crippen LogP contribution >= 0.6 is 0 Å². The number of benzene rings is 1. The summed E-state index contributed by atoms with van der Waals surface area (Å²) < 4.78 is 4.68. The van der Waals surface area contributed by atoms with E-state index in [0.29, 0.717) is 24.2 Å². The Morgan fingerprint density at radius 1 is 1.55 bits per heavy atom. The normalized spacial score (nSPS) is 13.5. The molecule has 7 nitrogen and oxygen atoms in total. The number of nitro benzene ring substituents is 1. The Bertz CT molecular complexity index is 582. The molecule has 1 aliphatic heterocycles. The number of rotatable bonds is 4. The maximum atomic E-state index is 11.6. The lowest BCUT2D eigenvalue weighted by molar-refractivity contribution is -0.384. The van der Waals surface area contributed by atoms with E-state index >= 15 is 0 Å². The summed E-state index contributed by atoms with van der Waals surface area (Å²) in [6, 6.07) is 4.43. The van der Waals surface area contributed by atoms with Gasteiger partial charge in [0.2, 0.25) is 0 Å². The van der Waals surface area contributed by atoms with E-state index in [2.05, 4.69) is 4.74 Å². The molecule has 1 aromatic rings. The number of anilines is 1. The maximum absolute atomic E-state index is 11.6. The molecule has 0 unspecified atom stereocenters. The molecular formula is C13H14N2O5. The third-order valence-electron chi connectivity index (χ3n) is 3.07. The number of hydrogen-bond donors (Lipinski definition) is 1. The van der Waals surface area contributed by atoms with E-state index in [9.17, 15) is 14.9 Å². The molecular weight excluding hydrogens is 264 g/mol. The molecule has 2 rings (SSSR count). The van der Waals surface area contributed by atoms with Crippen LogP contribution in [0.1, 0.15) is 5.56 Å². The summed E-state index contributed by atoms with van der Waals surface area (Å²) in [5, 5.41) is 19.9. The van der Waals surface area contributed by atoms with Gasteiger partial charge in [-0.3, -0.25) is 10.1 Å². The van der Waals surface area contributed by atoms with Gasteiger partial charge in [-0.25, -0.2) is 4.79 Å². The zero-order chi connectivity index (χ0) is 14.7. The second-order valence-electron chi connectivity index (χ2n) is 4.31. The molecule has 0 amide bonds. The highest BCUT2D eigenvalue weighted by Crippen LogP contribution is 2.31. The van der Waals surface area contributed by atoms with Crippen LogP contribution < -0.4 is 4.90 Å². The van der Waals surface area contributed by atoms with Crippen LogP contribution in [0, 0.1) is 10.1 Å². The Kier molecular flexibility index (Phi) is 3.99. The van der Waals surface area contributed by atoms with Crippen LogP contribution in [0.3, 0.4) is 0 Å². The van der Waals surface area contributed by atoms with Gasteiger partial charge in [0.25, 0.3) is 5.69 Å². The standard InChI is InChI=1S/C13H14N2O5/c1-20-13(17)10-6-9-7-11(15(18)19)2-3-12(9)14(8-10)4-5-16/h2-3,6-7,16H,4-5,8H2,1H3. The van der Waals surface area contributed by atoms with Crippen LogP contribution in [0.15, 0.2) is 23.8 Å². The topological polar surface area (TPSA) is 92.9 Å². The van der Waals surface area contributed by atoms with Crippen LogP contribution in [-0.4, -0.2) is 42.8 Å². The number of aliphatic hydroxyl groups is 1. The van der Waals surface area contributed by atoms with Gasteiger partial charge in [0.05, 0.1) is 30.8 Å². The van der Waals surface area contributed by atoms with Gasteiger partial charge in [-0.1, -0.05) is 0 Å². The molecule has 7 heteroatoms. The summed E-state index contributed by atoms with van der Waals surface area (Å²) >= 11 is 0. The summed E-state index contributed by atoms with van der Waals surface area (Å²) in [6.45, 7) is 0.558. The van der Waals surface area contributed by atoms with Gasteiger partial charge in [-0.05, 0) is 12.1 Å². The number of esters is 1. The monoisotopic (exact) mass is 278 g/mol. The number of fused-ring (bicyclic) bond motifs is 1. The Hall–Kier alpha value is -2.41. The SMILES string of the molecule is COC(=O)C1=Cc2cc([N+](=O)[O-])ccc2N(CCO)C1. The van der Waals surface area contributed by atoms with Crippen molar-refractivity contribution in [3.8, 4) is 0 Å². The molecule has 106 valence electrons. The first-order valence-electron chi connectivity index (χ1n) is 6.00. The van der Waals surface area contributed by atoms with Crippen molar-refractivity contribution in [3.63, 3.8) is 0 Å². The molecule has 0 spiro atoms. The van der Waals surface area contributed by atoms with Crippen molar-refractivity contribution in [3.05, 3.63) is 39.4 Å². The molecule has 1 aliphatic rings. The highest BCUT2D eigenvalue weighted by Gasteiger charge is 2.23. The number of nitro groups is 1. The average Bonchev–Trinajstić information content (AvgIpc) is 2.45. The largest absolute Gasteiger partial charge is 0.466 e. The van der Waals surface area contributed by atoms with Gasteiger partial charge in [-0.15, -0.1) is 0 Å². The lowest BCUT2D eigenvalue weighted by Crippen LogP contribution is -2.33. The van der Waals surface area contributed by atoms with Gasteiger partial charge in [-0.2, -0.15) is 0 Å². The molecule has 0 aliphatic carbocycles. The summed E-state index contributed by atoms with van der Waals surface area (Å²) in [5.74, 6) is -0.481. The lowest BCUT2D eigenvalue weighted by Gasteiger charge is -2.29. The van der Waals surface area contributed by atoms with E-state index in [1.54, 1.807) is 17.0 Å². The van der Waals surface area contributed by atoms with Crippen LogP contribution in [0.25, 0.3) is 6.08 Å². The second kappa shape index (κ2) is 5.70. The molecule has 0 fully saturated rings.